The quantitative estimate of drug-likeness (QED) is 0.862. The van der Waals surface area contributed by atoms with Crippen molar-refractivity contribution in [2.75, 3.05) is 11.8 Å². The fraction of sp³-hybridized carbons (Fsp3) is 0.231. The fourth-order valence-electron chi connectivity index (χ4n) is 1.65. The van der Waals surface area contributed by atoms with E-state index in [0.717, 1.165) is 15.8 Å². The summed E-state index contributed by atoms with van der Waals surface area (Å²) in [6, 6.07) is 8.61. The number of ether oxygens (including phenoxy) is 1. The van der Waals surface area contributed by atoms with E-state index in [9.17, 15) is 8.42 Å². The highest BCUT2D eigenvalue weighted by Crippen LogP contribution is 2.31. The minimum atomic E-state index is -3.58. The lowest BCUT2D eigenvalue weighted by atomic mass is 10.3. The summed E-state index contributed by atoms with van der Waals surface area (Å²) in [6.07, 6.45) is 0.820. The number of sulfonamides is 1. The van der Waals surface area contributed by atoms with Crippen molar-refractivity contribution < 1.29 is 13.2 Å². The number of methoxy groups -OCH3 is 1. The topological polar surface area (TPSA) is 55.4 Å². The first-order chi connectivity index (χ1) is 9.46. The average Bonchev–Trinajstić information content (AvgIpc) is 2.88. The number of halogens is 1. The van der Waals surface area contributed by atoms with E-state index in [1.165, 1.54) is 18.4 Å². The van der Waals surface area contributed by atoms with Crippen LogP contribution in [-0.4, -0.2) is 15.5 Å². The van der Waals surface area contributed by atoms with Crippen LogP contribution in [-0.2, 0) is 16.4 Å². The summed E-state index contributed by atoms with van der Waals surface area (Å²) < 4.78 is 33.5. The van der Waals surface area contributed by atoms with Crippen molar-refractivity contribution in [3.63, 3.8) is 0 Å². The number of nitrogens with one attached hydrogen (secondary N) is 1. The molecule has 0 unspecified atom stereocenters. The van der Waals surface area contributed by atoms with Crippen LogP contribution in [0.15, 0.2) is 39.0 Å². The smallest absolute Gasteiger partial charge is 0.271 e. The highest BCUT2D eigenvalue weighted by Gasteiger charge is 2.18. The summed E-state index contributed by atoms with van der Waals surface area (Å²) in [4.78, 5) is 1.03. The maximum Gasteiger partial charge on any atom is 0.271 e. The first-order valence-electron chi connectivity index (χ1n) is 5.91. The molecule has 20 heavy (non-hydrogen) atoms. The third kappa shape index (κ3) is 3.34. The first kappa shape index (κ1) is 15.3. The van der Waals surface area contributed by atoms with Gasteiger partial charge in [-0.3, -0.25) is 4.72 Å². The molecule has 4 nitrogen and oxygen atoms in total. The van der Waals surface area contributed by atoms with Crippen LogP contribution in [0.1, 0.15) is 11.8 Å². The molecule has 0 bridgehead atoms. The summed E-state index contributed by atoms with van der Waals surface area (Å²) in [5.74, 6) is 0.476. The average molecular weight is 376 g/mol. The molecule has 2 rings (SSSR count). The zero-order valence-electron chi connectivity index (χ0n) is 11.0. The summed E-state index contributed by atoms with van der Waals surface area (Å²) in [7, 11) is -2.08. The highest BCUT2D eigenvalue weighted by atomic mass is 79.9. The van der Waals surface area contributed by atoms with Gasteiger partial charge in [0.2, 0.25) is 0 Å². The van der Waals surface area contributed by atoms with Gasteiger partial charge in [0.15, 0.2) is 0 Å². The summed E-state index contributed by atoms with van der Waals surface area (Å²) >= 11 is 4.59. The van der Waals surface area contributed by atoms with Gasteiger partial charge in [0.25, 0.3) is 10.0 Å². The van der Waals surface area contributed by atoms with Crippen molar-refractivity contribution in [1.82, 2.24) is 0 Å². The number of benzene rings is 1. The van der Waals surface area contributed by atoms with Crippen LogP contribution >= 0.6 is 27.3 Å². The third-order valence-electron chi connectivity index (χ3n) is 2.66. The normalized spacial score (nSPS) is 11.3. The van der Waals surface area contributed by atoms with E-state index in [-0.39, 0.29) is 0 Å². The van der Waals surface area contributed by atoms with Gasteiger partial charge in [0.1, 0.15) is 9.96 Å². The molecule has 0 aliphatic heterocycles. The molecule has 1 aromatic carbocycles. The van der Waals surface area contributed by atoms with Gasteiger partial charge in [0, 0.05) is 9.35 Å². The number of rotatable bonds is 5. The molecule has 1 heterocycles. The lowest BCUT2D eigenvalue weighted by Crippen LogP contribution is -2.12. The molecule has 0 saturated heterocycles. The Hall–Kier alpha value is -1.05. The Morgan fingerprint density at radius 1 is 1.30 bits per heavy atom. The highest BCUT2D eigenvalue weighted by molar-refractivity contribution is 9.10. The van der Waals surface area contributed by atoms with Gasteiger partial charge in [-0.25, -0.2) is 8.42 Å². The van der Waals surface area contributed by atoms with E-state index < -0.39 is 10.0 Å². The molecular weight excluding hydrogens is 362 g/mol. The van der Waals surface area contributed by atoms with Gasteiger partial charge in [-0.05, 0) is 36.8 Å². The van der Waals surface area contributed by atoms with Gasteiger partial charge in [0.05, 0.1) is 12.8 Å². The SMILES string of the molecule is CCc1ccc(S(=O)(=O)Nc2cc(Br)ccc2OC)s1. The van der Waals surface area contributed by atoms with E-state index in [1.54, 1.807) is 24.3 Å². The molecule has 0 saturated carbocycles. The second-order valence-corrected chi connectivity index (χ2v) is 8.02. The first-order valence-corrected chi connectivity index (χ1v) is 9.00. The van der Waals surface area contributed by atoms with Crippen molar-refractivity contribution >= 4 is 43.0 Å². The van der Waals surface area contributed by atoms with Crippen molar-refractivity contribution in [2.45, 2.75) is 17.6 Å². The summed E-state index contributed by atoms with van der Waals surface area (Å²) in [5, 5.41) is 0. The zero-order valence-corrected chi connectivity index (χ0v) is 14.2. The Morgan fingerprint density at radius 2 is 2.05 bits per heavy atom. The van der Waals surface area contributed by atoms with Crippen molar-refractivity contribution in [3.05, 3.63) is 39.7 Å². The number of anilines is 1. The summed E-state index contributed by atoms with van der Waals surface area (Å²) in [6.45, 7) is 1.99. The number of thiophene rings is 1. The second-order valence-electron chi connectivity index (χ2n) is 4.02. The van der Waals surface area contributed by atoms with Crippen molar-refractivity contribution in [2.24, 2.45) is 0 Å². The molecule has 0 fully saturated rings. The van der Waals surface area contributed by atoms with Gasteiger partial charge in [-0.15, -0.1) is 11.3 Å². The largest absolute Gasteiger partial charge is 0.495 e. The molecule has 0 amide bonds. The van der Waals surface area contributed by atoms with Gasteiger partial charge in [-0.2, -0.15) is 0 Å². The predicted octanol–water partition coefficient (Wildman–Crippen LogP) is 3.88. The van der Waals surface area contributed by atoms with Gasteiger partial charge >= 0.3 is 0 Å². The number of hydrogen-bond donors (Lipinski definition) is 1. The molecule has 0 aliphatic rings. The van der Waals surface area contributed by atoms with Crippen molar-refractivity contribution in [3.8, 4) is 5.75 Å². The molecule has 0 atom stereocenters. The third-order valence-corrected chi connectivity index (χ3v) is 6.24. The minimum Gasteiger partial charge on any atom is -0.495 e. The molecule has 0 radical (unpaired) electrons. The van der Waals surface area contributed by atoms with E-state index in [1.807, 2.05) is 13.0 Å². The van der Waals surface area contributed by atoms with Crippen LogP contribution in [0.25, 0.3) is 0 Å². The second kappa shape index (κ2) is 6.15. The predicted molar refractivity (Wildman–Crippen MR) is 85.2 cm³/mol. The lowest BCUT2D eigenvalue weighted by Gasteiger charge is -2.11. The van der Waals surface area contributed by atoms with Crippen LogP contribution in [0, 0.1) is 0 Å². The van der Waals surface area contributed by atoms with E-state index in [4.69, 9.17) is 4.74 Å². The monoisotopic (exact) mass is 375 g/mol. The van der Waals surface area contributed by atoms with E-state index >= 15 is 0 Å². The van der Waals surface area contributed by atoms with Crippen molar-refractivity contribution in [1.29, 1.82) is 0 Å². The maximum atomic E-state index is 12.3. The fourth-order valence-corrected chi connectivity index (χ4v) is 4.37. The maximum absolute atomic E-state index is 12.3. The Bertz CT molecular complexity index is 710. The molecule has 0 spiro atoms. The van der Waals surface area contributed by atoms with Crippen LogP contribution < -0.4 is 9.46 Å². The van der Waals surface area contributed by atoms with Crippen LogP contribution in [0.4, 0.5) is 5.69 Å². The lowest BCUT2D eigenvalue weighted by molar-refractivity contribution is 0.417. The van der Waals surface area contributed by atoms with Gasteiger partial charge in [-0.1, -0.05) is 22.9 Å². The molecule has 0 aliphatic carbocycles. The molecular formula is C13H14BrNO3S2. The van der Waals surface area contributed by atoms with Crippen LogP contribution in [0.3, 0.4) is 0 Å². The van der Waals surface area contributed by atoms with Gasteiger partial charge < -0.3 is 4.74 Å². The molecule has 1 aromatic heterocycles. The minimum absolute atomic E-state index is 0.302. The van der Waals surface area contributed by atoms with E-state index in [0.29, 0.717) is 15.6 Å². The number of hydrogen-bond acceptors (Lipinski definition) is 4. The van der Waals surface area contributed by atoms with E-state index in [2.05, 4.69) is 20.7 Å². The Balaban J connectivity index is 2.35. The Morgan fingerprint density at radius 3 is 2.65 bits per heavy atom. The molecule has 1 N–H and O–H groups in total. The summed E-state index contributed by atoms with van der Waals surface area (Å²) in [5.41, 5.74) is 0.410. The Kier molecular flexibility index (Phi) is 4.72. The molecule has 7 heteroatoms. The number of aryl methyl sites for hydroxylation is 1. The standard InChI is InChI=1S/C13H14BrNO3S2/c1-3-10-5-7-13(19-10)20(16,17)15-11-8-9(14)4-6-12(11)18-2/h4-8,15H,3H2,1-2H3. The Labute approximate surface area is 131 Å². The zero-order chi connectivity index (χ0) is 14.8. The van der Waals surface area contributed by atoms with Crippen LogP contribution in [0.5, 0.6) is 5.75 Å². The van der Waals surface area contributed by atoms with Crippen LogP contribution in [0.2, 0.25) is 0 Å². The molecule has 108 valence electrons. The molecule has 2 aromatic rings.